The lowest BCUT2D eigenvalue weighted by atomic mass is 9.90. The lowest BCUT2D eigenvalue weighted by Gasteiger charge is -2.41. The van der Waals surface area contributed by atoms with Crippen LogP contribution in [0.25, 0.3) is 22.3 Å². The second-order valence-electron chi connectivity index (χ2n) is 11.1. The maximum Gasteiger partial charge on any atom is 0.289 e. The minimum Gasteiger partial charge on any atom is -0.383 e. The van der Waals surface area contributed by atoms with E-state index in [1.165, 1.54) is 30.6 Å². The quantitative estimate of drug-likeness (QED) is 0.233. The second-order valence-corrected chi connectivity index (χ2v) is 12.7. The molecule has 1 saturated carbocycles. The van der Waals surface area contributed by atoms with Crippen LogP contribution in [0.3, 0.4) is 0 Å². The highest BCUT2D eigenvalue weighted by Crippen LogP contribution is 2.38. The number of benzene rings is 2. The number of sulfonamides is 1. The number of likely N-dealkylation sites (N-methyl/N-ethyl adjacent to an activating group) is 1. The third-order valence-electron chi connectivity index (χ3n) is 8.42. The SMILES string of the molecule is CN1CCN(C2CCC(n3nc(-c4ccc(NS(=O)(=O)c5ccccc5[N+](=O)[O-])c(F)c4)c4c(N)ncnc43)CC2)CC1. The number of aromatic nitrogens is 4. The number of nitrogen functional groups attached to an aromatic ring is 1. The van der Waals surface area contributed by atoms with Gasteiger partial charge in [-0.05, 0) is 50.9 Å². The third-order valence-corrected chi connectivity index (χ3v) is 9.84. The number of rotatable bonds is 7. The highest BCUT2D eigenvalue weighted by atomic mass is 32.2. The smallest absolute Gasteiger partial charge is 0.289 e. The van der Waals surface area contributed by atoms with E-state index in [1.54, 1.807) is 0 Å². The van der Waals surface area contributed by atoms with Crippen LogP contribution in [0.15, 0.2) is 53.7 Å². The van der Waals surface area contributed by atoms with Crippen molar-refractivity contribution < 1.29 is 17.7 Å². The summed E-state index contributed by atoms with van der Waals surface area (Å²) in [5.41, 5.74) is 6.60. The predicted octanol–water partition coefficient (Wildman–Crippen LogP) is 3.65. The Morgan fingerprint density at radius 2 is 1.72 bits per heavy atom. The van der Waals surface area contributed by atoms with E-state index in [2.05, 4.69) is 31.5 Å². The van der Waals surface area contributed by atoms with Gasteiger partial charge in [-0.2, -0.15) is 5.10 Å². The Balaban J connectivity index is 1.27. The summed E-state index contributed by atoms with van der Waals surface area (Å²) in [6.45, 7) is 4.30. The number of nitrogens with one attached hydrogen (secondary N) is 1. The van der Waals surface area contributed by atoms with Crippen molar-refractivity contribution in [3.63, 3.8) is 0 Å². The normalized spacial score (nSPS) is 20.3. The number of hydrogen-bond donors (Lipinski definition) is 2. The van der Waals surface area contributed by atoms with Crippen LogP contribution in [-0.2, 0) is 10.0 Å². The molecule has 0 bridgehead atoms. The van der Waals surface area contributed by atoms with Crippen LogP contribution >= 0.6 is 0 Å². The van der Waals surface area contributed by atoms with Gasteiger partial charge in [-0.15, -0.1) is 0 Å². The molecule has 0 radical (unpaired) electrons. The number of nitrogens with two attached hydrogens (primary N) is 1. The first kappa shape index (κ1) is 28.9. The molecule has 2 fully saturated rings. The molecule has 2 aromatic carbocycles. The van der Waals surface area contributed by atoms with Gasteiger partial charge in [-0.1, -0.05) is 18.2 Å². The van der Waals surface area contributed by atoms with Gasteiger partial charge in [0.25, 0.3) is 15.7 Å². The summed E-state index contributed by atoms with van der Waals surface area (Å²) in [6.07, 6.45) is 5.29. The fourth-order valence-corrected chi connectivity index (χ4v) is 7.33. The lowest BCUT2D eigenvalue weighted by molar-refractivity contribution is -0.387. The standard InChI is InChI=1S/C28H32FN9O4S/c1-35-12-14-36(15-13-35)19-7-9-20(10-8-19)37-28-25(27(30)31-17-32-28)26(33-37)18-6-11-22(21(29)16-18)34-43(41,42)24-5-3-2-4-23(24)38(39)40/h2-6,11,16-17,19-20,34H,7-10,12-15H2,1H3,(H2,30,31,32). The van der Waals surface area contributed by atoms with E-state index in [0.717, 1.165) is 70.1 Å². The molecule has 226 valence electrons. The number of nitro benzene ring substituents is 1. The molecule has 0 unspecified atom stereocenters. The van der Waals surface area contributed by atoms with E-state index in [1.807, 2.05) is 4.68 Å². The molecular weight excluding hydrogens is 577 g/mol. The van der Waals surface area contributed by atoms with Gasteiger partial charge in [0.1, 0.15) is 23.7 Å². The van der Waals surface area contributed by atoms with Gasteiger partial charge in [-0.3, -0.25) is 19.7 Å². The average Bonchev–Trinajstić information content (AvgIpc) is 3.40. The Bertz CT molecular complexity index is 1780. The molecule has 43 heavy (non-hydrogen) atoms. The predicted molar refractivity (Wildman–Crippen MR) is 159 cm³/mol. The first-order valence-electron chi connectivity index (χ1n) is 14.1. The van der Waals surface area contributed by atoms with Gasteiger partial charge in [0.15, 0.2) is 10.5 Å². The van der Waals surface area contributed by atoms with Crippen molar-refractivity contribution in [1.29, 1.82) is 0 Å². The first-order chi connectivity index (χ1) is 20.6. The van der Waals surface area contributed by atoms with E-state index < -0.39 is 31.3 Å². The van der Waals surface area contributed by atoms with Crippen molar-refractivity contribution in [3.05, 3.63) is 64.7 Å². The van der Waals surface area contributed by atoms with Crippen LogP contribution in [0.1, 0.15) is 31.7 Å². The van der Waals surface area contributed by atoms with Crippen LogP contribution in [-0.4, -0.2) is 82.2 Å². The van der Waals surface area contributed by atoms with Crippen molar-refractivity contribution in [2.75, 3.05) is 43.7 Å². The molecule has 1 aliphatic carbocycles. The van der Waals surface area contributed by atoms with Crippen molar-refractivity contribution in [1.82, 2.24) is 29.5 Å². The number of hydrogen-bond acceptors (Lipinski definition) is 10. The van der Waals surface area contributed by atoms with Crippen molar-refractivity contribution in [2.45, 2.75) is 42.7 Å². The molecule has 15 heteroatoms. The first-order valence-corrected chi connectivity index (χ1v) is 15.6. The zero-order chi connectivity index (χ0) is 30.3. The second kappa shape index (κ2) is 11.5. The number of fused-ring (bicyclic) bond motifs is 1. The maximum absolute atomic E-state index is 15.4. The maximum atomic E-state index is 15.4. The largest absolute Gasteiger partial charge is 0.383 e. The molecule has 0 atom stereocenters. The van der Waals surface area contributed by atoms with E-state index in [4.69, 9.17) is 10.8 Å². The summed E-state index contributed by atoms with van der Waals surface area (Å²) in [6, 6.07) is 9.42. The highest BCUT2D eigenvalue weighted by Gasteiger charge is 2.31. The molecule has 1 aliphatic heterocycles. The van der Waals surface area contributed by atoms with Crippen LogP contribution in [0.4, 0.5) is 21.6 Å². The molecule has 2 aliphatic rings. The fourth-order valence-electron chi connectivity index (χ4n) is 6.09. The van der Waals surface area contributed by atoms with E-state index in [-0.39, 0.29) is 17.5 Å². The van der Waals surface area contributed by atoms with Crippen molar-refractivity contribution >= 4 is 38.2 Å². The van der Waals surface area contributed by atoms with Gasteiger partial charge in [0, 0.05) is 43.9 Å². The summed E-state index contributed by atoms with van der Waals surface area (Å²) in [5.74, 6) is -0.676. The average molecular weight is 610 g/mol. The minimum atomic E-state index is -4.45. The van der Waals surface area contributed by atoms with Crippen LogP contribution in [0, 0.1) is 15.9 Å². The Morgan fingerprint density at radius 3 is 2.42 bits per heavy atom. The van der Waals surface area contributed by atoms with Crippen LogP contribution in [0.2, 0.25) is 0 Å². The molecule has 0 amide bonds. The molecule has 1 saturated heterocycles. The van der Waals surface area contributed by atoms with Crippen LogP contribution in [0.5, 0.6) is 0 Å². The molecule has 6 rings (SSSR count). The molecule has 0 spiro atoms. The molecule has 13 nitrogen and oxygen atoms in total. The topological polar surface area (TPSA) is 165 Å². The van der Waals surface area contributed by atoms with Gasteiger partial charge in [0.05, 0.1) is 22.0 Å². The zero-order valence-electron chi connectivity index (χ0n) is 23.6. The van der Waals surface area contributed by atoms with E-state index in [0.29, 0.717) is 28.3 Å². The van der Waals surface area contributed by atoms with E-state index >= 15 is 4.39 Å². The summed E-state index contributed by atoms with van der Waals surface area (Å²) < 4.78 is 45.2. The molecule has 2 aromatic heterocycles. The highest BCUT2D eigenvalue weighted by molar-refractivity contribution is 7.92. The zero-order valence-corrected chi connectivity index (χ0v) is 24.4. The Hall–Kier alpha value is -4.21. The van der Waals surface area contributed by atoms with Crippen LogP contribution < -0.4 is 10.5 Å². The minimum absolute atomic E-state index is 0.0897. The fraction of sp³-hybridized carbons (Fsp3) is 0.393. The molecular formula is C28H32FN9O4S. The number of nitro groups is 1. The van der Waals surface area contributed by atoms with Gasteiger partial charge >= 0.3 is 0 Å². The number of para-hydroxylation sites is 1. The molecule has 4 aromatic rings. The van der Waals surface area contributed by atoms with E-state index in [9.17, 15) is 18.5 Å². The Kier molecular flexibility index (Phi) is 7.70. The molecule has 3 N–H and O–H groups in total. The number of piperazine rings is 1. The van der Waals surface area contributed by atoms with Gasteiger partial charge < -0.3 is 10.6 Å². The monoisotopic (exact) mass is 609 g/mol. The summed E-state index contributed by atoms with van der Waals surface area (Å²) in [5, 5.41) is 16.7. The summed E-state index contributed by atoms with van der Waals surface area (Å²) in [7, 11) is -2.30. The Labute approximate surface area is 247 Å². The number of nitrogens with zero attached hydrogens (tertiary/aromatic N) is 7. The third kappa shape index (κ3) is 5.62. The van der Waals surface area contributed by atoms with Gasteiger partial charge in [0.2, 0.25) is 0 Å². The van der Waals surface area contributed by atoms with Crippen molar-refractivity contribution in [2.24, 2.45) is 0 Å². The number of anilines is 2. The number of halogens is 1. The van der Waals surface area contributed by atoms with Gasteiger partial charge in [-0.25, -0.2) is 27.5 Å². The summed E-state index contributed by atoms with van der Waals surface area (Å²) in [4.78, 5) is 23.5. The Morgan fingerprint density at radius 1 is 1.02 bits per heavy atom. The summed E-state index contributed by atoms with van der Waals surface area (Å²) >= 11 is 0. The molecule has 3 heterocycles. The van der Waals surface area contributed by atoms with Crippen molar-refractivity contribution in [3.8, 4) is 11.3 Å². The lowest BCUT2D eigenvalue weighted by Crippen LogP contribution is -2.49.